The van der Waals surface area contributed by atoms with Gasteiger partial charge in [-0.05, 0) is 39.7 Å². The first kappa shape index (κ1) is 17.7. The van der Waals surface area contributed by atoms with Crippen LogP contribution in [0, 0.1) is 0 Å². The summed E-state index contributed by atoms with van der Waals surface area (Å²) in [6.45, 7) is 9.93. The highest BCUT2D eigenvalue weighted by molar-refractivity contribution is 5.81. The summed E-state index contributed by atoms with van der Waals surface area (Å²) in [5.74, 6) is -0.922. The second kappa shape index (κ2) is 7.05. The number of benzene rings is 1. The molecule has 0 amide bonds. The van der Waals surface area contributed by atoms with Crippen molar-refractivity contribution in [1.82, 2.24) is 5.32 Å². The van der Waals surface area contributed by atoms with Crippen molar-refractivity contribution in [2.24, 2.45) is 0 Å². The van der Waals surface area contributed by atoms with Gasteiger partial charge in [0.05, 0.1) is 12.2 Å². The molecule has 4 nitrogen and oxygen atoms in total. The summed E-state index contributed by atoms with van der Waals surface area (Å²) in [7, 11) is 0. The molecule has 0 aliphatic carbocycles. The van der Waals surface area contributed by atoms with Crippen LogP contribution in [0.4, 0.5) is 0 Å². The van der Waals surface area contributed by atoms with Crippen LogP contribution in [0.15, 0.2) is 30.3 Å². The van der Waals surface area contributed by atoms with E-state index >= 15 is 0 Å². The monoisotopic (exact) mass is 293 g/mol. The average Bonchev–Trinajstić information content (AvgIpc) is 2.44. The second-order valence-electron chi connectivity index (χ2n) is 6.28. The van der Waals surface area contributed by atoms with E-state index in [-0.39, 0.29) is 18.2 Å². The van der Waals surface area contributed by atoms with Crippen molar-refractivity contribution < 1.29 is 14.6 Å². The predicted octanol–water partition coefficient (Wildman–Crippen LogP) is 3.17. The Labute approximate surface area is 127 Å². The van der Waals surface area contributed by atoms with Gasteiger partial charge in [0.1, 0.15) is 0 Å². The molecule has 0 bridgehead atoms. The summed E-state index contributed by atoms with van der Waals surface area (Å²) in [4.78, 5) is 12.0. The lowest BCUT2D eigenvalue weighted by molar-refractivity contribution is -0.152. The van der Waals surface area contributed by atoms with Crippen LogP contribution < -0.4 is 5.32 Å². The molecule has 0 aromatic heterocycles. The van der Waals surface area contributed by atoms with Crippen LogP contribution >= 0.6 is 0 Å². The number of ether oxygens (including phenoxy) is 1. The van der Waals surface area contributed by atoms with Crippen molar-refractivity contribution in [1.29, 1.82) is 0 Å². The third-order valence-corrected chi connectivity index (χ3v) is 3.70. The molecule has 118 valence electrons. The summed E-state index contributed by atoms with van der Waals surface area (Å²) in [6, 6.07) is 9.24. The van der Waals surface area contributed by atoms with Crippen LogP contribution in [0.5, 0.6) is 0 Å². The van der Waals surface area contributed by atoms with Gasteiger partial charge in [-0.15, -0.1) is 0 Å². The van der Waals surface area contributed by atoms with Gasteiger partial charge in [-0.1, -0.05) is 37.3 Å². The molecule has 1 rings (SSSR count). The molecule has 1 atom stereocenters. The Balaban J connectivity index is 3.17. The molecule has 0 saturated carbocycles. The molecule has 2 N–H and O–H groups in total. The van der Waals surface area contributed by atoms with E-state index in [1.807, 2.05) is 65.0 Å². The first-order valence-electron chi connectivity index (χ1n) is 7.44. The molecule has 0 aliphatic heterocycles. The maximum atomic E-state index is 12.0. The highest BCUT2D eigenvalue weighted by atomic mass is 16.5. The molecule has 0 radical (unpaired) electrons. The second-order valence-corrected chi connectivity index (χ2v) is 6.28. The van der Waals surface area contributed by atoms with E-state index in [0.29, 0.717) is 5.56 Å². The first-order valence-corrected chi connectivity index (χ1v) is 7.44. The number of hydrogen-bond acceptors (Lipinski definition) is 3. The van der Waals surface area contributed by atoms with E-state index in [9.17, 15) is 9.90 Å². The van der Waals surface area contributed by atoms with Gasteiger partial charge in [0.2, 0.25) is 0 Å². The van der Waals surface area contributed by atoms with Crippen LogP contribution in [0.25, 0.3) is 0 Å². The fourth-order valence-electron chi connectivity index (χ4n) is 2.08. The van der Waals surface area contributed by atoms with Crippen molar-refractivity contribution in [3.8, 4) is 0 Å². The number of carbonyl (C=O) groups is 1. The minimum atomic E-state index is -1.23. The molecule has 0 heterocycles. The number of hydrogen-bond donors (Lipinski definition) is 2. The Bertz CT molecular complexity index is 456. The number of rotatable bonds is 8. The predicted molar refractivity (Wildman–Crippen MR) is 84.3 cm³/mol. The van der Waals surface area contributed by atoms with Crippen molar-refractivity contribution >= 4 is 5.97 Å². The molecule has 1 aromatic rings. The highest BCUT2D eigenvalue weighted by Crippen LogP contribution is 2.26. The molecule has 0 fully saturated rings. The minimum Gasteiger partial charge on any atom is -0.480 e. The number of carboxylic acids is 1. The van der Waals surface area contributed by atoms with Crippen molar-refractivity contribution in [3.63, 3.8) is 0 Å². The molecular weight excluding hydrogens is 266 g/mol. The molecule has 0 saturated heterocycles. The van der Waals surface area contributed by atoms with Gasteiger partial charge in [-0.25, -0.2) is 4.79 Å². The van der Waals surface area contributed by atoms with Gasteiger partial charge < -0.3 is 9.84 Å². The van der Waals surface area contributed by atoms with Gasteiger partial charge in [0, 0.05) is 6.04 Å². The van der Waals surface area contributed by atoms with Crippen molar-refractivity contribution in [2.75, 3.05) is 6.61 Å². The Morgan fingerprint density at radius 1 is 1.29 bits per heavy atom. The Kier molecular flexibility index (Phi) is 5.93. The van der Waals surface area contributed by atoms with Gasteiger partial charge in [-0.2, -0.15) is 0 Å². The number of aliphatic carboxylic acids is 1. The van der Waals surface area contributed by atoms with E-state index in [1.165, 1.54) is 0 Å². The zero-order chi connectivity index (χ0) is 16.1. The standard InChI is InChI=1S/C17H27NO3/c1-6-16(4,5)21-12-17(15(19)20,18-13(2)3)14-10-8-7-9-11-14/h7-11,13,18H,6,12H2,1-5H3,(H,19,20). The van der Waals surface area contributed by atoms with Gasteiger partial charge in [0.15, 0.2) is 5.54 Å². The smallest absolute Gasteiger partial charge is 0.331 e. The normalized spacial score (nSPS) is 15.0. The quantitative estimate of drug-likeness (QED) is 0.773. The van der Waals surface area contributed by atoms with Crippen molar-refractivity contribution in [2.45, 2.75) is 58.2 Å². The third-order valence-electron chi connectivity index (χ3n) is 3.70. The molecule has 1 aromatic carbocycles. The number of nitrogens with one attached hydrogen (secondary N) is 1. The summed E-state index contributed by atoms with van der Waals surface area (Å²) >= 11 is 0. The summed E-state index contributed by atoms with van der Waals surface area (Å²) < 4.78 is 5.92. The van der Waals surface area contributed by atoms with Crippen LogP contribution in [-0.4, -0.2) is 29.3 Å². The molecular formula is C17H27NO3. The van der Waals surface area contributed by atoms with Gasteiger partial charge in [0.25, 0.3) is 0 Å². The Hall–Kier alpha value is -1.39. The summed E-state index contributed by atoms with van der Waals surface area (Å²) in [5, 5.41) is 13.0. The largest absolute Gasteiger partial charge is 0.480 e. The average molecular weight is 293 g/mol. The number of carboxylic acid groups (broad SMARTS) is 1. The SMILES string of the molecule is CCC(C)(C)OCC(NC(C)C)(C(=O)O)c1ccccc1. The maximum Gasteiger partial charge on any atom is 0.331 e. The Morgan fingerprint density at radius 3 is 2.29 bits per heavy atom. The molecule has 1 unspecified atom stereocenters. The fraction of sp³-hybridized carbons (Fsp3) is 0.588. The van der Waals surface area contributed by atoms with E-state index in [0.717, 1.165) is 6.42 Å². The van der Waals surface area contributed by atoms with Gasteiger partial charge in [-0.3, -0.25) is 5.32 Å². The van der Waals surface area contributed by atoms with Gasteiger partial charge >= 0.3 is 5.97 Å². The van der Waals surface area contributed by atoms with Crippen LogP contribution in [0.2, 0.25) is 0 Å². The summed E-state index contributed by atoms with van der Waals surface area (Å²) in [6.07, 6.45) is 0.819. The lowest BCUT2D eigenvalue weighted by Gasteiger charge is -2.36. The van der Waals surface area contributed by atoms with Crippen LogP contribution in [-0.2, 0) is 15.1 Å². The minimum absolute atomic E-state index is 0.0228. The molecule has 21 heavy (non-hydrogen) atoms. The van der Waals surface area contributed by atoms with Crippen molar-refractivity contribution in [3.05, 3.63) is 35.9 Å². The maximum absolute atomic E-state index is 12.0. The van der Waals surface area contributed by atoms with E-state index < -0.39 is 11.5 Å². The lowest BCUT2D eigenvalue weighted by Crippen LogP contribution is -2.56. The van der Waals surface area contributed by atoms with E-state index in [1.54, 1.807) is 0 Å². The highest BCUT2D eigenvalue weighted by Gasteiger charge is 2.42. The molecule has 0 aliphatic rings. The molecule has 0 spiro atoms. The van der Waals surface area contributed by atoms with Crippen LogP contribution in [0.1, 0.15) is 46.6 Å². The zero-order valence-corrected chi connectivity index (χ0v) is 13.6. The Morgan fingerprint density at radius 2 is 1.86 bits per heavy atom. The summed E-state index contributed by atoms with van der Waals surface area (Å²) in [5.41, 5.74) is -0.881. The zero-order valence-electron chi connectivity index (χ0n) is 13.6. The topological polar surface area (TPSA) is 58.6 Å². The first-order chi connectivity index (χ1) is 9.73. The van der Waals surface area contributed by atoms with E-state index in [2.05, 4.69) is 5.32 Å². The fourth-order valence-corrected chi connectivity index (χ4v) is 2.08. The lowest BCUT2D eigenvalue weighted by atomic mass is 9.89. The third kappa shape index (κ3) is 4.55. The molecule has 4 heteroatoms. The van der Waals surface area contributed by atoms with Crippen LogP contribution in [0.3, 0.4) is 0 Å². The van der Waals surface area contributed by atoms with E-state index in [4.69, 9.17) is 4.74 Å².